The molecule has 2 aliphatic carbocycles. The highest BCUT2D eigenvalue weighted by atomic mass is 32.2. The van der Waals surface area contributed by atoms with E-state index in [-0.39, 0.29) is 16.0 Å². The Morgan fingerprint density at radius 1 is 1.37 bits per heavy atom. The maximum atomic E-state index is 13.0. The number of rotatable bonds is 5. The lowest BCUT2D eigenvalue weighted by Gasteiger charge is -2.15. The molecule has 0 aliphatic heterocycles. The molecular formula is C13H17FN2O2S. The van der Waals surface area contributed by atoms with Gasteiger partial charge in [-0.2, -0.15) is 0 Å². The van der Waals surface area contributed by atoms with E-state index in [0.29, 0.717) is 12.5 Å². The SMILES string of the molecule is Nc1cc(S(=O)(=O)NCC2(C3CC3)CC2)ccc1F. The average molecular weight is 284 g/mol. The number of nitrogens with one attached hydrogen (secondary N) is 1. The number of nitrogen functional groups attached to an aromatic ring is 1. The lowest BCUT2D eigenvalue weighted by molar-refractivity contribution is 0.432. The second-order valence-electron chi connectivity index (χ2n) is 5.64. The predicted octanol–water partition coefficient (Wildman–Crippen LogP) is 1.88. The molecular weight excluding hydrogens is 267 g/mol. The van der Waals surface area contributed by atoms with Gasteiger partial charge in [-0.3, -0.25) is 0 Å². The van der Waals surface area contributed by atoms with Crippen LogP contribution >= 0.6 is 0 Å². The molecule has 2 saturated carbocycles. The van der Waals surface area contributed by atoms with Gasteiger partial charge in [-0.15, -0.1) is 0 Å². The Hall–Kier alpha value is -1.14. The van der Waals surface area contributed by atoms with Crippen molar-refractivity contribution in [3.05, 3.63) is 24.0 Å². The van der Waals surface area contributed by atoms with E-state index in [2.05, 4.69) is 4.72 Å². The molecule has 0 saturated heterocycles. The summed E-state index contributed by atoms with van der Waals surface area (Å²) in [7, 11) is -3.60. The maximum Gasteiger partial charge on any atom is 0.240 e. The van der Waals surface area contributed by atoms with Crippen molar-refractivity contribution >= 4 is 15.7 Å². The zero-order valence-corrected chi connectivity index (χ0v) is 11.3. The molecule has 3 N–H and O–H groups in total. The highest BCUT2D eigenvalue weighted by Gasteiger charge is 2.53. The largest absolute Gasteiger partial charge is 0.396 e. The van der Waals surface area contributed by atoms with Crippen LogP contribution in [0.2, 0.25) is 0 Å². The number of hydrogen-bond acceptors (Lipinski definition) is 3. The van der Waals surface area contributed by atoms with Crippen molar-refractivity contribution in [3.63, 3.8) is 0 Å². The van der Waals surface area contributed by atoms with Crippen LogP contribution < -0.4 is 10.5 Å². The van der Waals surface area contributed by atoms with Crippen LogP contribution in [0.4, 0.5) is 10.1 Å². The summed E-state index contributed by atoms with van der Waals surface area (Å²) in [4.78, 5) is 0.0259. The van der Waals surface area contributed by atoms with Crippen LogP contribution in [0.1, 0.15) is 25.7 Å². The van der Waals surface area contributed by atoms with Gasteiger partial charge in [0.15, 0.2) is 0 Å². The highest BCUT2D eigenvalue weighted by molar-refractivity contribution is 7.89. The third-order valence-corrected chi connectivity index (χ3v) is 5.63. The van der Waals surface area contributed by atoms with Crippen molar-refractivity contribution in [3.8, 4) is 0 Å². The van der Waals surface area contributed by atoms with E-state index in [0.717, 1.165) is 25.0 Å². The number of nitrogens with two attached hydrogens (primary N) is 1. The lowest BCUT2D eigenvalue weighted by atomic mass is 10.0. The molecule has 0 heterocycles. The van der Waals surface area contributed by atoms with Gasteiger partial charge in [0.1, 0.15) is 5.82 Å². The summed E-state index contributed by atoms with van der Waals surface area (Å²) in [5, 5.41) is 0. The number of halogens is 1. The smallest absolute Gasteiger partial charge is 0.240 e. The Labute approximate surface area is 112 Å². The maximum absolute atomic E-state index is 13.0. The van der Waals surface area contributed by atoms with Crippen molar-refractivity contribution in [2.75, 3.05) is 12.3 Å². The Balaban J connectivity index is 1.73. The van der Waals surface area contributed by atoms with E-state index in [1.165, 1.54) is 18.9 Å². The lowest BCUT2D eigenvalue weighted by Crippen LogP contribution is -2.31. The quantitative estimate of drug-likeness (QED) is 0.811. The number of sulfonamides is 1. The summed E-state index contributed by atoms with van der Waals surface area (Å²) in [5.41, 5.74) is 5.45. The van der Waals surface area contributed by atoms with Crippen LogP contribution in [0.15, 0.2) is 23.1 Å². The van der Waals surface area contributed by atoms with E-state index in [1.807, 2.05) is 0 Å². The van der Waals surface area contributed by atoms with Crippen LogP contribution in [0.5, 0.6) is 0 Å². The van der Waals surface area contributed by atoms with Crippen molar-refractivity contribution in [1.82, 2.24) is 4.72 Å². The molecule has 2 aliphatic rings. The highest BCUT2D eigenvalue weighted by Crippen LogP contribution is 2.60. The molecule has 1 aromatic carbocycles. The zero-order chi connectivity index (χ0) is 13.7. The zero-order valence-electron chi connectivity index (χ0n) is 10.5. The van der Waals surface area contributed by atoms with Crippen molar-refractivity contribution in [2.45, 2.75) is 30.6 Å². The van der Waals surface area contributed by atoms with Gasteiger partial charge in [0.25, 0.3) is 0 Å². The van der Waals surface area contributed by atoms with Crippen LogP contribution in [0.25, 0.3) is 0 Å². The minimum atomic E-state index is -3.60. The average Bonchev–Trinajstić information content (AvgIpc) is 3.23. The van der Waals surface area contributed by atoms with Gasteiger partial charge in [0.2, 0.25) is 10.0 Å². The van der Waals surface area contributed by atoms with Crippen molar-refractivity contribution < 1.29 is 12.8 Å². The fraction of sp³-hybridized carbons (Fsp3) is 0.538. The third-order valence-electron chi connectivity index (χ3n) is 4.23. The molecule has 0 amide bonds. The number of benzene rings is 1. The summed E-state index contributed by atoms with van der Waals surface area (Å²) in [6, 6.07) is 3.48. The molecule has 0 atom stereocenters. The van der Waals surface area contributed by atoms with Gasteiger partial charge >= 0.3 is 0 Å². The van der Waals surface area contributed by atoms with E-state index < -0.39 is 15.8 Å². The topological polar surface area (TPSA) is 72.2 Å². The normalized spacial score (nSPS) is 21.3. The molecule has 0 spiro atoms. The van der Waals surface area contributed by atoms with Gasteiger partial charge in [-0.1, -0.05) is 0 Å². The molecule has 0 bridgehead atoms. The minimum Gasteiger partial charge on any atom is -0.396 e. The molecule has 19 heavy (non-hydrogen) atoms. The Kier molecular flexibility index (Phi) is 2.83. The molecule has 6 heteroatoms. The number of hydrogen-bond donors (Lipinski definition) is 2. The van der Waals surface area contributed by atoms with E-state index in [9.17, 15) is 12.8 Å². The first-order valence-electron chi connectivity index (χ1n) is 6.48. The Morgan fingerprint density at radius 3 is 2.58 bits per heavy atom. The molecule has 1 aromatic rings. The first-order valence-corrected chi connectivity index (χ1v) is 7.96. The summed E-state index contributed by atoms with van der Waals surface area (Å²) < 4.78 is 39.9. The standard InChI is InChI=1S/C13H17FN2O2S/c14-11-4-3-10(7-12(11)15)19(17,18)16-8-13(5-6-13)9-1-2-9/h3-4,7,9,16H,1-2,5-6,8,15H2. The molecule has 2 fully saturated rings. The third kappa shape index (κ3) is 2.47. The number of anilines is 1. The predicted molar refractivity (Wildman–Crippen MR) is 70.4 cm³/mol. The second kappa shape index (κ2) is 4.18. The summed E-state index contributed by atoms with van der Waals surface area (Å²) in [5.74, 6) is 0.0871. The van der Waals surface area contributed by atoms with Crippen LogP contribution in [-0.4, -0.2) is 15.0 Å². The fourth-order valence-electron chi connectivity index (χ4n) is 2.60. The Bertz CT molecular complexity index is 607. The van der Waals surface area contributed by atoms with Gasteiger partial charge in [-0.25, -0.2) is 17.5 Å². The first kappa shape index (κ1) is 12.9. The molecule has 3 rings (SSSR count). The second-order valence-corrected chi connectivity index (χ2v) is 7.41. The summed E-state index contributed by atoms with van der Waals surface area (Å²) in [6.07, 6.45) is 4.63. The van der Waals surface area contributed by atoms with E-state index in [1.54, 1.807) is 0 Å². The molecule has 0 aromatic heterocycles. The van der Waals surface area contributed by atoms with E-state index >= 15 is 0 Å². The van der Waals surface area contributed by atoms with Gasteiger partial charge < -0.3 is 5.73 Å². The first-order chi connectivity index (χ1) is 8.93. The van der Waals surface area contributed by atoms with Gasteiger partial charge in [0, 0.05) is 6.54 Å². The van der Waals surface area contributed by atoms with Crippen LogP contribution in [0, 0.1) is 17.2 Å². The summed E-state index contributed by atoms with van der Waals surface area (Å²) in [6.45, 7) is 0.483. The molecule has 104 valence electrons. The molecule has 4 nitrogen and oxygen atoms in total. The summed E-state index contributed by atoms with van der Waals surface area (Å²) >= 11 is 0. The monoisotopic (exact) mass is 284 g/mol. The fourth-order valence-corrected chi connectivity index (χ4v) is 3.77. The molecule has 0 unspecified atom stereocenters. The van der Waals surface area contributed by atoms with Crippen molar-refractivity contribution in [2.24, 2.45) is 11.3 Å². The van der Waals surface area contributed by atoms with Gasteiger partial charge in [-0.05, 0) is 55.2 Å². The van der Waals surface area contributed by atoms with Crippen LogP contribution in [0.3, 0.4) is 0 Å². The van der Waals surface area contributed by atoms with Crippen molar-refractivity contribution in [1.29, 1.82) is 0 Å². The Morgan fingerprint density at radius 2 is 2.05 bits per heavy atom. The minimum absolute atomic E-state index is 0.0259. The van der Waals surface area contributed by atoms with Crippen LogP contribution in [-0.2, 0) is 10.0 Å². The van der Waals surface area contributed by atoms with Gasteiger partial charge in [0.05, 0.1) is 10.6 Å². The van der Waals surface area contributed by atoms with E-state index in [4.69, 9.17) is 5.73 Å². The molecule has 0 radical (unpaired) electrons.